The molecule has 50 heavy (non-hydrogen) atoms. The van der Waals surface area contributed by atoms with E-state index >= 15 is 0 Å². The Morgan fingerprint density at radius 2 is 0.780 bits per heavy atom. The van der Waals surface area contributed by atoms with Gasteiger partial charge in [-0.1, -0.05) is 141 Å². The molecule has 2 aromatic carbocycles. The van der Waals surface area contributed by atoms with E-state index < -0.39 is 0 Å². The molecule has 0 amide bonds. The second-order valence-electron chi connectivity index (χ2n) is 16.1. The van der Waals surface area contributed by atoms with Crippen molar-refractivity contribution in [3.05, 3.63) is 59.7 Å². The smallest absolute Gasteiger partial charge is 0.119 e. The van der Waals surface area contributed by atoms with E-state index in [9.17, 15) is 0 Å². The molecule has 0 aromatic heterocycles. The first-order valence-corrected chi connectivity index (χ1v) is 21.2. The number of hydrogen-bond donors (Lipinski definition) is 0. The van der Waals surface area contributed by atoms with Gasteiger partial charge in [0.15, 0.2) is 0 Å². The lowest BCUT2D eigenvalue weighted by Crippen LogP contribution is -2.26. The van der Waals surface area contributed by atoms with E-state index in [-0.39, 0.29) is 12.2 Å². The van der Waals surface area contributed by atoms with Crippen LogP contribution in [0.3, 0.4) is 0 Å². The van der Waals surface area contributed by atoms with E-state index in [0.29, 0.717) is 13.2 Å². The van der Waals surface area contributed by atoms with Gasteiger partial charge in [0.1, 0.15) is 11.5 Å². The average molecular weight is 691 g/mol. The molecule has 0 radical (unpaired) electrons. The number of hydrogen-bond acceptors (Lipinski definition) is 4. The predicted octanol–water partition coefficient (Wildman–Crippen LogP) is 13.3. The van der Waals surface area contributed by atoms with E-state index in [0.717, 1.165) is 72.4 Å². The summed E-state index contributed by atoms with van der Waals surface area (Å²) in [5.74, 6) is 5.73. The fourth-order valence-corrected chi connectivity index (χ4v) is 8.20. The van der Waals surface area contributed by atoms with Gasteiger partial charge in [-0.3, -0.25) is 0 Å². The van der Waals surface area contributed by atoms with Crippen molar-refractivity contribution < 1.29 is 18.9 Å². The Morgan fingerprint density at radius 3 is 1.10 bits per heavy atom. The molecule has 2 atom stereocenters. The van der Waals surface area contributed by atoms with Crippen LogP contribution in [0, 0.1) is 23.7 Å². The zero-order valence-corrected chi connectivity index (χ0v) is 32.7. The summed E-state index contributed by atoms with van der Waals surface area (Å²) in [6, 6.07) is 16.8. The molecule has 2 fully saturated rings. The van der Waals surface area contributed by atoms with Crippen LogP contribution in [0.15, 0.2) is 48.5 Å². The normalized spacial score (nSPS) is 22.2. The molecule has 0 spiro atoms. The molecular formula is C46H74O4. The van der Waals surface area contributed by atoms with Crippen LogP contribution >= 0.6 is 0 Å². The summed E-state index contributed by atoms with van der Waals surface area (Å²) in [5.41, 5.74) is 2.32. The number of benzene rings is 2. The molecule has 2 unspecified atom stereocenters. The van der Waals surface area contributed by atoms with Gasteiger partial charge in [-0.05, 0) is 98.6 Å². The summed E-state index contributed by atoms with van der Waals surface area (Å²) >= 11 is 0. The highest BCUT2D eigenvalue weighted by Gasteiger charge is 2.22. The highest BCUT2D eigenvalue weighted by molar-refractivity contribution is 5.27. The van der Waals surface area contributed by atoms with Gasteiger partial charge in [-0.15, -0.1) is 0 Å². The van der Waals surface area contributed by atoms with Crippen molar-refractivity contribution in [2.24, 2.45) is 23.7 Å². The van der Waals surface area contributed by atoms with Crippen LogP contribution in [0.1, 0.15) is 167 Å². The van der Waals surface area contributed by atoms with E-state index in [1.54, 1.807) is 0 Å². The molecule has 4 heteroatoms. The molecule has 2 aromatic rings. The van der Waals surface area contributed by atoms with Crippen LogP contribution in [0.4, 0.5) is 0 Å². The molecule has 4 rings (SSSR count). The molecule has 2 aliphatic rings. The monoisotopic (exact) mass is 691 g/mol. The summed E-state index contributed by atoms with van der Waals surface area (Å²) < 4.78 is 24.5. The lowest BCUT2D eigenvalue weighted by atomic mass is 9.78. The third kappa shape index (κ3) is 16.1. The topological polar surface area (TPSA) is 36.9 Å². The predicted molar refractivity (Wildman–Crippen MR) is 210 cm³/mol. The standard InChI is InChI=1S/C46H74O4/c1-5-7-9-13-39-17-21-41(22-18-39)15-11-33-47-45-29-25-43(26-30-45)35-49-37(3)38(4)50-36-44-27-31-46(32-28-44)48-34-12-16-42-23-19-40(20-24-42)14-10-8-6-2/h25-32,37-42H,5-24,33-36H2,1-4H3. The van der Waals surface area contributed by atoms with Gasteiger partial charge in [0.2, 0.25) is 0 Å². The molecule has 0 bridgehead atoms. The van der Waals surface area contributed by atoms with Crippen LogP contribution in [0.2, 0.25) is 0 Å². The van der Waals surface area contributed by atoms with Gasteiger partial charge in [0, 0.05) is 0 Å². The van der Waals surface area contributed by atoms with Crippen molar-refractivity contribution >= 4 is 0 Å². The van der Waals surface area contributed by atoms with Gasteiger partial charge in [-0.2, -0.15) is 0 Å². The van der Waals surface area contributed by atoms with Crippen molar-refractivity contribution in [2.75, 3.05) is 13.2 Å². The minimum atomic E-state index is -0.00366. The lowest BCUT2D eigenvalue weighted by Gasteiger charge is -2.28. The van der Waals surface area contributed by atoms with E-state index in [1.165, 1.54) is 116 Å². The Morgan fingerprint density at radius 1 is 0.460 bits per heavy atom. The first-order chi connectivity index (χ1) is 24.5. The minimum Gasteiger partial charge on any atom is -0.494 e. The van der Waals surface area contributed by atoms with Crippen LogP contribution in [0.25, 0.3) is 0 Å². The molecule has 2 aliphatic carbocycles. The van der Waals surface area contributed by atoms with Gasteiger partial charge in [0.05, 0.1) is 38.6 Å². The molecular weight excluding hydrogens is 617 g/mol. The third-order valence-electron chi connectivity index (χ3n) is 11.9. The second-order valence-corrected chi connectivity index (χ2v) is 16.1. The van der Waals surface area contributed by atoms with Crippen molar-refractivity contribution in [2.45, 2.75) is 182 Å². The fraction of sp³-hybridized carbons (Fsp3) is 0.739. The Balaban J connectivity index is 1.00. The number of ether oxygens (including phenoxy) is 4. The van der Waals surface area contributed by atoms with Crippen LogP contribution < -0.4 is 9.47 Å². The number of unbranched alkanes of at least 4 members (excludes halogenated alkanes) is 4. The SMILES string of the molecule is CCCCCC1CCC(CCCOc2ccc(COC(C)C(C)OCc3ccc(OCCCC4CCC(CCCCC)CC4)cc3)cc2)CC1. The lowest BCUT2D eigenvalue weighted by molar-refractivity contribution is -0.0687. The van der Waals surface area contributed by atoms with Gasteiger partial charge < -0.3 is 18.9 Å². The van der Waals surface area contributed by atoms with Crippen LogP contribution in [-0.2, 0) is 22.7 Å². The van der Waals surface area contributed by atoms with Crippen molar-refractivity contribution in [1.82, 2.24) is 0 Å². The number of rotatable bonds is 25. The molecule has 2 saturated carbocycles. The molecule has 0 N–H and O–H groups in total. The first kappa shape index (κ1) is 40.7. The largest absolute Gasteiger partial charge is 0.494 e. The summed E-state index contributed by atoms with van der Waals surface area (Å²) in [6.07, 6.45) is 27.7. The van der Waals surface area contributed by atoms with Crippen molar-refractivity contribution in [1.29, 1.82) is 0 Å². The van der Waals surface area contributed by atoms with Crippen molar-refractivity contribution in [3.63, 3.8) is 0 Å². The highest BCUT2D eigenvalue weighted by Crippen LogP contribution is 2.35. The Hall–Kier alpha value is -2.04. The van der Waals surface area contributed by atoms with E-state index in [1.807, 2.05) is 0 Å². The maximum Gasteiger partial charge on any atom is 0.119 e. The Kier molecular flexibility index (Phi) is 19.8. The first-order valence-electron chi connectivity index (χ1n) is 21.2. The molecule has 0 aliphatic heterocycles. The maximum absolute atomic E-state index is 6.18. The van der Waals surface area contributed by atoms with Crippen LogP contribution in [0.5, 0.6) is 11.5 Å². The fourth-order valence-electron chi connectivity index (χ4n) is 8.20. The van der Waals surface area contributed by atoms with Gasteiger partial charge >= 0.3 is 0 Å². The average Bonchev–Trinajstić information content (AvgIpc) is 3.15. The van der Waals surface area contributed by atoms with E-state index in [4.69, 9.17) is 18.9 Å². The molecule has 4 nitrogen and oxygen atoms in total. The molecule has 0 heterocycles. The highest BCUT2D eigenvalue weighted by atomic mass is 16.5. The maximum atomic E-state index is 6.18. The summed E-state index contributed by atoms with van der Waals surface area (Å²) in [5, 5.41) is 0. The molecule has 0 saturated heterocycles. The van der Waals surface area contributed by atoms with Crippen LogP contribution in [-0.4, -0.2) is 25.4 Å². The zero-order chi connectivity index (χ0) is 35.2. The summed E-state index contributed by atoms with van der Waals surface area (Å²) in [7, 11) is 0. The summed E-state index contributed by atoms with van der Waals surface area (Å²) in [6.45, 7) is 11.6. The Bertz CT molecular complexity index is 1010. The molecule has 282 valence electrons. The van der Waals surface area contributed by atoms with Gasteiger partial charge in [-0.25, -0.2) is 0 Å². The quantitative estimate of drug-likeness (QED) is 0.0972. The van der Waals surface area contributed by atoms with E-state index in [2.05, 4.69) is 76.2 Å². The van der Waals surface area contributed by atoms with Crippen molar-refractivity contribution in [3.8, 4) is 11.5 Å². The third-order valence-corrected chi connectivity index (χ3v) is 11.9. The Labute approximate surface area is 307 Å². The summed E-state index contributed by atoms with van der Waals surface area (Å²) in [4.78, 5) is 0. The zero-order valence-electron chi connectivity index (χ0n) is 32.7. The second kappa shape index (κ2) is 24.2. The van der Waals surface area contributed by atoms with Gasteiger partial charge in [0.25, 0.3) is 0 Å². The minimum absolute atomic E-state index is 0.00366.